The molecule has 0 aliphatic rings. The molecule has 0 aliphatic heterocycles. The zero-order chi connectivity index (χ0) is 10.2. The summed E-state index contributed by atoms with van der Waals surface area (Å²) < 4.78 is 0. The summed E-state index contributed by atoms with van der Waals surface area (Å²) in [6, 6.07) is 3.44. The van der Waals surface area contributed by atoms with Gasteiger partial charge < -0.3 is 10.8 Å². The van der Waals surface area contributed by atoms with Gasteiger partial charge in [0.05, 0.1) is 0 Å². The molecule has 0 amide bonds. The van der Waals surface area contributed by atoms with Crippen molar-refractivity contribution in [3.63, 3.8) is 0 Å². The first kappa shape index (κ1) is 10.4. The molecule has 13 heavy (non-hydrogen) atoms. The molecule has 0 fully saturated rings. The van der Waals surface area contributed by atoms with E-state index in [0.717, 1.165) is 5.56 Å². The van der Waals surface area contributed by atoms with Crippen molar-refractivity contribution in [2.45, 2.75) is 26.3 Å². The Bertz CT molecular complexity index is 305. The molecule has 0 aliphatic carbocycles. The molecule has 0 aromatic heterocycles. The highest BCUT2D eigenvalue weighted by Crippen LogP contribution is 2.30. The zero-order valence-corrected chi connectivity index (χ0v) is 8.81. The fourth-order valence-electron chi connectivity index (χ4n) is 1.04. The summed E-state index contributed by atoms with van der Waals surface area (Å²) in [7, 11) is 0. The standard InChI is InChI=1S/C10H14ClNO/c1-6-8(11)4-7(5-9(6)13)10(2,3)12/h4-5,13H,12H2,1-3H3. The zero-order valence-electron chi connectivity index (χ0n) is 8.06. The van der Waals surface area contributed by atoms with Crippen LogP contribution in [0.25, 0.3) is 0 Å². The van der Waals surface area contributed by atoms with Gasteiger partial charge in [0.2, 0.25) is 0 Å². The Balaban J connectivity index is 3.29. The van der Waals surface area contributed by atoms with Crippen molar-refractivity contribution in [3.05, 3.63) is 28.3 Å². The summed E-state index contributed by atoms with van der Waals surface area (Å²) in [4.78, 5) is 0. The van der Waals surface area contributed by atoms with Crippen LogP contribution in [0.15, 0.2) is 12.1 Å². The van der Waals surface area contributed by atoms with E-state index in [0.29, 0.717) is 10.6 Å². The monoisotopic (exact) mass is 199 g/mol. The molecule has 3 N–H and O–H groups in total. The Hall–Kier alpha value is -0.730. The van der Waals surface area contributed by atoms with E-state index in [1.807, 2.05) is 13.8 Å². The van der Waals surface area contributed by atoms with Crippen LogP contribution in [0, 0.1) is 6.92 Å². The first-order valence-corrected chi connectivity index (χ1v) is 4.48. The number of rotatable bonds is 1. The number of benzene rings is 1. The fourth-order valence-corrected chi connectivity index (χ4v) is 1.25. The topological polar surface area (TPSA) is 46.2 Å². The van der Waals surface area contributed by atoms with Gasteiger partial charge >= 0.3 is 0 Å². The third-order valence-corrected chi connectivity index (χ3v) is 2.45. The molecule has 0 saturated heterocycles. The number of hydrogen-bond donors (Lipinski definition) is 2. The van der Waals surface area contributed by atoms with E-state index in [4.69, 9.17) is 17.3 Å². The van der Waals surface area contributed by atoms with Crippen molar-refractivity contribution in [3.8, 4) is 5.75 Å². The van der Waals surface area contributed by atoms with Gasteiger partial charge in [-0.1, -0.05) is 11.6 Å². The van der Waals surface area contributed by atoms with Gasteiger partial charge in [-0.25, -0.2) is 0 Å². The number of hydrogen-bond acceptors (Lipinski definition) is 2. The van der Waals surface area contributed by atoms with E-state index in [1.165, 1.54) is 0 Å². The molecule has 0 heterocycles. The lowest BCUT2D eigenvalue weighted by atomic mass is 9.94. The van der Waals surface area contributed by atoms with E-state index in [1.54, 1.807) is 19.1 Å². The highest BCUT2D eigenvalue weighted by atomic mass is 35.5. The van der Waals surface area contributed by atoms with Crippen molar-refractivity contribution in [1.29, 1.82) is 0 Å². The van der Waals surface area contributed by atoms with Gasteiger partial charge in [-0.15, -0.1) is 0 Å². The average Bonchev–Trinajstić information content (AvgIpc) is 1.97. The molecule has 0 saturated carbocycles. The highest BCUT2D eigenvalue weighted by Gasteiger charge is 2.16. The summed E-state index contributed by atoms with van der Waals surface area (Å²) in [5, 5.41) is 10.1. The first-order chi connectivity index (χ1) is 5.82. The number of phenolic OH excluding ortho intramolecular Hbond substituents is 1. The number of nitrogens with two attached hydrogens (primary N) is 1. The maximum Gasteiger partial charge on any atom is 0.120 e. The Labute approximate surface area is 83.3 Å². The van der Waals surface area contributed by atoms with Gasteiger partial charge in [-0.05, 0) is 38.5 Å². The van der Waals surface area contributed by atoms with Crippen LogP contribution in [0.3, 0.4) is 0 Å². The van der Waals surface area contributed by atoms with Crippen LogP contribution in [-0.4, -0.2) is 5.11 Å². The second-order valence-electron chi connectivity index (χ2n) is 3.82. The fraction of sp³-hybridized carbons (Fsp3) is 0.400. The van der Waals surface area contributed by atoms with Gasteiger partial charge in [-0.3, -0.25) is 0 Å². The second-order valence-corrected chi connectivity index (χ2v) is 4.23. The van der Waals surface area contributed by atoms with Crippen LogP contribution in [0.4, 0.5) is 0 Å². The summed E-state index contributed by atoms with van der Waals surface area (Å²) in [6.45, 7) is 5.51. The molecule has 72 valence electrons. The molecule has 3 heteroatoms. The SMILES string of the molecule is Cc1c(O)cc(C(C)(C)N)cc1Cl. The lowest BCUT2D eigenvalue weighted by Crippen LogP contribution is -2.28. The predicted octanol–water partition coefficient (Wildman–Crippen LogP) is 2.55. The lowest BCUT2D eigenvalue weighted by molar-refractivity contribution is 0.465. The summed E-state index contributed by atoms with van der Waals surface area (Å²) in [5.74, 6) is 0.195. The van der Waals surface area contributed by atoms with Crippen LogP contribution in [0.1, 0.15) is 25.0 Å². The molecule has 0 atom stereocenters. The van der Waals surface area contributed by atoms with E-state index >= 15 is 0 Å². The average molecular weight is 200 g/mol. The number of halogens is 1. The van der Waals surface area contributed by atoms with Crippen molar-refractivity contribution in [2.24, 2.45) is 5.73 Å². The maximum absolute atomic E-state index is 9.50. The van der Waals surface area contributed by atoms with Gasteiger partial charge in [0.25, 0.3) is 0 Å². The van der Waals surface area contributed by atoms with Gasteiger partial charge in [0.15, 0.2) is 0 Å². The molecular weight excluding hydrogens is 186 g/mol. The summed E-state index contributed by atoms with van der Waals surface area (Å²) >= 11 is 5.91. The third kappa shape index (κ3) is 2.14. The molecule has 0 bridgehead atoms. The molecule has 1 aromatic rings. The van der Waals surface area contributed by atoms with Crippen LogP contribution in [-0.2, 0) is 5.54 Å². The van der Waals surface area contributed by atoms with Crippen LogP contribution in [0.2, 0.25) is 5.02 Å². The quantitative estimate of drug-likeness (QED) is 0.730. The van der Waals surface area contributed by atoms with E-state index in [9.17, 15) is 5.11 Å². The Morgan fingerprint density at radius 2 is 1.92 bits per heavy atom. The largest absolute Gasteiger partial charge is 0.508 e. The van der Waals surface area contributed by atoms with Crippen LogP contribution >= 0.6 is 11.6 Å². The molecular formula is C10H14ClNO. The minimum atomic E-state index is -0.477. The predicted molar refractivity (Wildman–Crippen MR) is 55.1 cm³/mol. The Morgan fingerprint density at radius 3 is 2.31 bits per heavy atom. The minimum absolute atomic E-state index is 0.195. The summed E-state index contributed by atoms with van der Waals surface area (Å²) in [6.07, 6.45) is 0. The molecule has 1 aromatic carbocycles. The van der Waals surface area contributed by atoms with Gasteiger partial charge in [0.1, 0.15) is 5.75 Å². The third-order valence-electron chi connectivity index (χ3n) is 2.06. The first-order valence-electron chi connectivity index (χ1n) is 4.11. The number of aromatic hydroxyl groups is 1. The van der Waals surface area contributed by atoms with Crippen LogP contribution < -0.4 is 5.73 Å². The van der Waals surface area contributed by atoms with Crippen molar-refractivity contribution in [2.75, 3.05) is 0 Å². The molecule has 0 radical (unpaired) electrons. The molecule has 0 unspecified atom stereocenters. The van der Waals surface area contributed by atoms with Crippen molar-refractivity contribution >= 4 is 11.6 Å². The smallest absolute Gasteiger partial charge is 0.120 e. The van der Waals surface area contributed by atoms with Crippen molar-refractivity contribution < 1.29 is 5.11 Å². The maximum atomic E-state index is 9.50. The molecule has 0 spiro atoms. The lowest BCUT2D eigenvalue weighted by Gasteiger charge is -2.20. The second kappa shape index (κ2) is 3.20. The van der Waals surface area contributed by atoms with Crippen molar-refractivity contribution in [1.82, 2.24) is 0 Å². The Kier molecular flexibility index (Phi) is 2.55. The van der Waals surface area contributed by atoms with Crippen LogP contribution in [0.5, 0.6) is 5.75 Å². The molecule has 2 nitrogen and oxygen atoms in total. The van der Waals surface area contributed by atoms with E-state index in [2.05, 4.69) is 0 Å². The molecule has 1 rings (SSSR count). The van der Waals surface area contributed by atoms with E-state index in [-0.39, 0.29) is 5.75 Å². The normalized spacial score (nSPS) is 11.8. The van der Waals surface area contributed by atoms with Gasteiger partial charge in [-0.2, -0.15) is 0 Å². The van der Waals surface area contributed by atoms with E-state index < -0.39 is 5.54 Å². The minimum Gasteiger partial charge on any atom is -0.508 e. The van der Waals surface area contributed by atoms with Gasteiger partial charge in [0, 0.05) is 16.1 Å². The number of phenols is 1. The summed E-state index contributed by atoms with van der Waals surface area (Å²) in [5.41, 5.74) is 6.92. The Morgan fingerprint density at radius 1 is 1.38 bits per heavy atom. The highest BCUT2D eigenvalue weighted by molar-refractivity contribution is 6.31.